The van der Waals surface area contributed by atoms with Crippen LogP contribution >= 0.6 is 0 Å². The van der Waals surface area contributed by atoms with Crippen LogP contribution in [0.2, 0.25) is 0 Å². The van der Waals surface area contributed by atoms with E-state index in [1.807, 2.05) is 7.05 Å². The fraction of sp³-hybridized carbons (Fsp3) is 0.714. The van der Waals surface area contributed by atoms with Gasteiger partial charge < -0.3 is 9.80 Å². The van der Waals surface area contributed by atoms with Gasteiger partial charge in [-0.05, 0) is 13.1 Å². The van der Waals surface area contributed by atoms with Crippen LogP contribution in [0.1, 0.15) is 0 Å². The van der Waals surface area contributed by atoms with Crippen molar-refractivity contribution in [1.82, 2.24) is 28.2 Å². The molecule has 1 aromatic heterocycles. The highest BCUT2D eigenvalue weighted by Gasteiger charge is 2.34. The molecule has 0 N–H and O–H groups in total. The SMILES string of the molecule is CN1CCN(S(=O)(=O)N2CCN(C(=O)Cn3cccn3)CC2)CC1. The highest BCUT2D eigenvalue weighted by atomic mass is 32.2. The summed E-state index contributed by atoms with van der Waals surface area (Å²) in [6, 6.07) is 1.77. The van der Waals surface area contributed by atoms with E-state index >= 15 is 0 Å². The Bertz CT molecular complexity index is 646. The topological polar surface area (TPSA) is 82.0 Å². The van der Waals surface area contributed by atoms with Gasteiger partial charge in [0.1, 0.15) is 6.54 Å². The van der Waals surface area contributed by atoms with E-state index in [-0.39, 0.29) is 12.5 Å². The molecular weight excluding hydrogens is 332 g/mol. The van der Waals surface area contributed by atoms with Crippen molar-refractivity contribution in [2.24, 2.45) is 0 Å². The average Bonchev–Trinajstić information content (AvgIpc) is 3.08. The van der Waals surface area contributed by atoms with Crippen LogP contribution in [0.15, 0.2) is 18.5 Å². The van der Waals surface area contributed by atoms with Gasteiger partial charge in [0, 0.05) is 64.8 Å². The summed E-state index contributed by atoms with van der Waals surface area (Å²) in [5.74, 6) is -0.0321. The van der Waals surface area contributed by atoms with E-state index in [1.54, 1.807) is 32.3 Å². The van der Waals surface area contributed by atoms with E-state index in [1.165, 1.54) is 4.31 Å². The Hall–Kier alpha value is -1.49. The van der Waals surface area contributed by atoms with Gasteiger partial charge in [-0.2, -0.15) is 22.1 Å². The van der Waals surface area contributed by atoms with Crippen LogP contribution in [0.4, 0.5) is 0 Å². The maximum atomic E-state index is 12.7. The number of amides is 1. The van der Waals surface area contributed by atoms with E-state index < -0.39 is 10.2 Å². The zero-order chi connectivity index (χ0) is 17.2. The standard InChI is InChI=1S/C14H24N6O3S/c1-16-5-9-19(10-6-16)24(22,23)20-11-7-17(8-12-20)14(21)13-18-4-2-3-15-18/h2-4H,5-13H2,1H3. The van der Waals surface area contributed by atoms with Crippen LogP contribution in [0, 0.1) is 0 Å². The molecule has 0 bridgehead atoms. The molecule has 3 heterocycles. The first-order chi connectivity index (χ1) is 11.5. The van der Waals surface area contributed by atoms with Gasteiger partial charge in [-0.3, -0.25) is 9.48 Å². The number of carbonyl (C=O) groups is 1. The van der Waals surface area contributed by atoms with Gasteiger partial charge in [0.25, 0.3) is 10.2 Å². The largest absolute Gasteiger partial charge is 0.338 e. The molecule has 134 valence electrons. The number of piperazine rings is 2. The molecule has 0 unspecified atom stereocenters. The van der Waals surface area contributed by atoms with Gasteiger partial charge in [-0.25, -0.2) is 0 Å². The fourth-order valence-corrected chi connectivity index (χ4v) is 4.56. The van der Waals surface area contributed by atoms with Crippen LogP contribution in [0.25, 0.3) is 0 Å². The molecule has 9 nitrogen and oxygen atoms in total. The van der Waals surface area contributed by atoms with Crippen LogP contribution in [0.5, 0.6) is 0 Å². The van der Waals surface area contributed by atoms with Gasteiger partial charge in [0.2, 0.25) is 5.91 Å². The number of nitrogens with zero attached hydrogens (tertiary/aromatic N) is 6. The van der Waals surface area contributed by atoms with Crippen LogP contribution in [0.3, 0.4) is 0 Å². The summed E-state index contributed by atoms with van der Waals surface area (Å²) in [5.41, 5.74) is 0. The molecule has 2 aliphatic rings. The molecule has 1 amide bonds. The minimum Gasteiger partial charge on any atom is -0.338 e. The summed E-state index contributed by atoms with van der Waals surface area (Å²) >= 11 is 0. The molecule has 0 spiro atoms. The Morgan fingerprint density at radius 2 is 1.58 bits per heavy atom. The summed E-state index contributed by atoms with van der Waals surface area (Å²) in [4.78, 5) is 16.1. The predicted octanol–water partition coefficient (Wildman–Crippen LogP) is -1.48. The van der Waals surface area contributed by atoms with E-state index in [0.29, 0.717) is 39.3 Å². The normalized spacial score (nSPS) is 22.0. The summed E-state index contributed by atoms with van der Waals surface area (Å²) < 4.78 is 30.0. The average molecular weight is 356 g/mol. The lowest BCUT2D eigenvalue weighted by atomic mass is 10.3. The summed E-state index contributed by atoms with van der Waals surface area (Å²) in [7, 11) is -1.43. The Morgan fingerprint density at radius 1 is 1.00 bits per heavy atom. The molecule has 24 heavy (non-hydrogen) atoms. The molecule has 3 rings (SSSR count). The third kappa shape index (κ3) is 3.77. The molecule has 10 heteroatoms. The Balaban J connectivity index is 1.53. The Morgan fingerprint density at radius 3 is 2.12 bits per heavy atom. The number of aromatic nitrogens is 2. The minimum atomic E-state index is -3.42. The number of hydrogen-bond donors (Lipinski definition) is 0. The molecule has 2 fully saturated rings. The van der Waals surface area contributed by atoms with Crippen molar-refractivity contribution in [3.8, 4) is 0 Å². The lowest BCUT2D eigenvalue weighted by Crippen LogP contribution is -2.57. The maximum absolute atomic E-state index is 12.7. The smallest absolute Gasteiger partial charge is 0.282 e. The third-order valence-electron chi connectivity index (χ3n) is 4.56. The molecule has 0 radical (unpaired) electrons. The number of carbonyl (C=O) groups excluding carboxylic acids is 1. The van der Waals surface area contributed by atoms with Crippen molar-refractivity contribution in [2.75, 3.05) is 59.4 Å². The molecule has 1 aromatic rings. The molecule has 0 aliphatic carbocycles. The van der Waals surface area contributed by atoms with Crippen molar-refractivity contribution in [3.05, 3.63) is 18.5 Å². The van der Waals surface area contributed by atoms with E-state index in [4.69, 9.17) is 0 Å². The summed E-state index contributed by atoms with van der Waals surface area (Å²) in [6.45, 7) is 4.29. The quantitative estimate of drug-likeness (QED) is 0.657. The zero-order valence-corrected chi connectivity index (χ0v) is 14.7. The first kappa shape index (κ1) is 17.3. The van der Waals surface area contributed by atoms with E-state index in [2.05, 4.69) is 10.00 Å². The second-order valence-electron chi connectivity index (χ2n) is 6.19. The van der Waals surface area contributed by atoms with Gasteiger partial charge in [-0.1, -0.05) is 0 Å². The molecule has 2 saturated heterocycles. The van der Waals surface area contributed by atoms with Crippen LogP contribution < -0.4 is 0 Å². The van der Waals surface area contributed by atoms with Crippen molar-refractivity contribution in [3.63, 3.8) is 0 Å². The highest BCUT2D eigenvalue weighted by Crippen LogP contribution is 2.14. The van der Waals surface area contributed by atoms with E-state index in [0.717, 1.165) is 13.1 Å². The molecule has 0 saturated carbocycles. The molecule has 2 aliphatic heterocycles. The molecule has 0 aromatic carbocycles. The number of likely N-dealkylation sites (N-methyl/N-ethyl adjacent to an activating group) is 1. The van der Waals surface area contributed by atoms with E-state index in [9.17, 15) is 13.2 Å². The van der Waals surface area contributed by atoms with Crippen molar-refractivity contribution in [2.45, 2.75) is 6.54 Å². The zero-order valence-electron chi connectivity index (χ0n) is 13.9. The summed E-state index contributed by atoms with van der Waals surface area (Å²) in [5, 5.41) is 4.02. The predicted molar refractivity (Wildman–Crippen MR) is 88.4 cm³/mol. The Labute approximate surface area is 142 Å². The second-order valence-corrected chi connectivity index (χ2v) is 8.12. The third-order valence-corrected chi connectivity index (χ3v) is 6.60. The lowest BCUT2D eigenvalue weighted by molar-refractivity contribution is -0.133. The first-order valence-electron chi connectivity index (χ1n) is 8.16. The number of rotatable bonds is 4. The molecular formula is C14H24N6O3S. The monoisotopic (exact) mass is 356 g/mol. The fourth-order valence-electron chi connectivity index (χ4n) is 2.98. The van der Waals surface area contributed by atoms with Crippen LogP contribution in [-0.4, -0.2) is 102 Å². The Kier molecular flexibility index (Phi) is 5.18. The molecule has 0 atom stereocenters. The van der Waals surface area contributed by atoms with Gasteiger partial charge in [0.05, 0.1) is 0 Å². The first-order valence-corrected chi connectivity index (χ1v) is 9.55. The second kappa shape index (κ2) is 7.18. The van der Waals surface area contributed by atoms with Crippen molar-refractivity contribution in [1.29, 1.82) is 0 Å². The van der Waals surface area contributed by atoms with Gasteiger partial charge in [0.15, 0.2) is 0 Å². The van der Waals surface area contributed by atoms with Crippen molar-refractivity contribution >= 4 is 16.1 Å². The lowest BCUT2D eigenvalue weighted by Gasteiger charge is -2.39. The minimum absolute atomic E-state index is 0.0321. The van der Waals surface area contributed by atoms with Gasteiger partial charge in [-0.15, -0.1) is 0 Å². The highest BCUT2D eigenvalue weighted by molar-refractivity contribution is 7.86. The van der Waals surface area contributed by atoms with Gasteiger partial charge >= 0.3 is 0 Å². The summed E-state index contributed by atoms with van der Waals surface area (Å²) in [6.07, 6.45) is 3.37. The number of hydrogen-bond acceptors (Lipinski definition) is 5. The maximum Gasteiger partial charge on any atom is 0.282 e. The van der Waals surface area contributed by atoms with Crippen LogP contribution in [-0.2, 0) is 21.5 Å². The van der Waals surface area contributed by atoms with Crippen molar-refractivity contribution < 1.29 is 13.2 Å².